The van der Waals surface area contributed by atoms with Crippen LogP contribution in [0.5, 0.6) is 0 Å². The van der Waals surface area contributed by atoms with Crippen molar-refractivity contribution in [3.63, 3.8) is 0 Å². The van der Waals surface area contributed by atoms with E-state index in [0.29, 0.717) is 5.39 Å². The van der Waals surface area contributed by atoms with Gasteiger partial charge in [0, 0.05) is 11.5 Å². The number of fused-ring (bicyclic) bond motifs is 1. The van der Waals surface area contributed by atoms with Crippen LogP contribution < -0.4 is 5.63 Å². The third kappa shape index (κ3) is 1.52. The molecule has 25 heavy (non-hydrogen) atoms. The molecule has 0 aliphatic heterocycles. The van der Waals surface area contributed by atoms with Gasteiger partial charge in [-0.25, -0.2) is 4.79 Å². The Hall–Kier alpha value is -3.13. The van der Waals surface area contributed by atoms with E-state index in [2.05, 4.69) is 54.6 Å². The highest BCUT2D eigenvalue weighted by atomic mass is 16.4. The molecule has 2 bridgehead atoms. The van der Waals surface area contributed by atoms with Crippen molar-refractivity contribution in [3.05, 3.63) is 117 Å². The van der Waals surface area contributed by atoms with Crippen molar-refractivity contribution in [2.75, 3.05) is 0 Å². The summed E-state index contributed by atoms with van der Waals surface area (Å²) in [4.78, 5) is 12.6. The minimum Gasteiger partial charge on any atom is -0.426 e. The molecule has 1 heterocycles. The second kappa shape index (κ2) is 4.48. The maximum atomic E-state index is 12.6. The molecule has 0 saturated carbocycles. The molecular formula is C23H14O2. The van der Waals surface area contributed by atoms with Crippen LogP contribution in [0.4, 0.5) is 0 Å². The molecule has 1 aromatic heterocycles. The highest BCUT2D eigenvalue weighted by molar-refractivity contribution is 5.89. The Bertz CT molecular complexity index is 1180. The second-order valence-electron chi connectivity index (χ2n) is 6.84. The predicted molar refractivity (Wildman–Crippen MR) is 97.3 cm³/mol. The van der Waals surface area contributed by atoms with Gasteiger partial charge in [0.05, 0.1) is 11.3 Å². The van der Waals surface area contributed by atoms with Gasteiger partial charge in [0.15, 0.2) is 0 Å². The molecule has 3 aliphatic carbocycles. The molecule has 118 valence electrons. The van der Waals surface area contributed by atoms with Crippen LogP contribution >= 0.6 is 0 Å². The first-order valence-electron chi connectivity index (χ1n) is 8.58. The van der Waals surface area contributed by atoms with Crippen LogP contribution in [0.25, 0.3) is 10.8 Å². The van der Waals surface area contributed by atoms with E-state index in [1.165, 1.54) is 22.3 Å². The maximum Gasteiger partial charge on any atom is 0.343 e. The Labute approximate surface area is 144 Å². The minimum absolute atomic E-state index is 0.00436. The molecule has 0 unspecified atom stereocenters. The van der Waals surface area contributed by atoms with Crippen LogP contribution in [0.15, 0.2) is 82.0 Å². The number of benzene rings is 3. The Balaban J connectivity index is 1.83. The smallest absolute Gasteiger partial charge is 0.343 e. The van der Waals surface area contributed by atoms with Gasteiger partial charge >= 0.3 is 5.63 Å². The molecule has 2 heteroatoms. The van der Waals surface area contributed by atoms with Gasteiger partial charge in [-0.1, -0.05) is 66.7 Å². The van der Waals surface area contributed by atoms with E-state index in [-0.39, 0.29) is 17.5 Å². The second-order valence-corrected chi connectivity index (χ2v) is 6.84. The number of rotatable bonds is 0. The predicted octanol–water partition coefficient (Wildman–Crippen LogP) is 4.78. The molecule has 0 radical (unpaired) electrons. The van der Waals surface area contributed by atoms with E-state index in [0.717, 1.165) is 16.7 Å². The van der Waals surface area contributed by atoms with Gasteiger partial charge in [-0.2, -0.15) is 0 Å². The number of hydrogen-bond acceptors (Lipinski definition) is 2. The molecule has 2 nitrogen and oxygen atoms in total. The van der Waals surface area contributed by atoms with E-state index >= 15 is 0 Å². The van der Waals surface area contributed by atoms with Crippen LogP contribution in [0.2, 0.25) is 0 Å². The molecule has 0 N–H and O–H groups in total. The molecule has 0 atom stereocenters. The van der Waals surface area contributed by atoms with Gasteiger partial charge in [-0.15, -0.1) is 0 Å². The van der Waals surface area contributed by atoms with Crippen molar-refractivity contribution >= 4 is 10.8 Å². The zero-order valence-corrected chi connectivity index (χ0v) is 13.4. The minimum atomic E-state index is -0.239. The standard InChI is InChI=1S/C23H14O2/c24-23-18-12-6-5-11-17(18)21-19-13-7-1-3-9-15(13)20(22(21)25-23)16-10-4-2-8-14(16)19/h1-12,19-20H. The molecule has 3 aliphatic rings. The summed E-state index contributed by atoms with van der Waals surface area (Å²) in [7, 11) is 0. The third-order valence-corrected chi connectivity index (χ3v) is 5.69. The largest absolute Gasteiger partial charge is 0.426 e. The first kappa shape index (κ1) is 13.2. The van der Waals surface area contributed by atoms with Crippen LogP contribution in [-0.2, 0) is 0 Å². The van der Waals surface area contributed by atoms with Crippen molar-refractivity contribution in [1.82, 2.24) is 0 Å². The lowest BCUT2D eigenvalue weighted by molar-refractivity contribution is 0.438. The maximum absolute atomic E-state index is 12.6. The summed E-state index contributed by atoms with van der Waals surface area (Å²) in [6, 6.07) is 24.9. The first-order valence-corrected chi connectivity index (χ1v) is 8.58. The van der Waals surface area contributed by atoms with Crippen LogP contribution in [0.3, 0.4) is 0 Å². The Kier molecular flexibility index (Phi) is 2.37. The van der Waals surface area contributed by atoms with Crippen molar-refractivity contribution in [2.24, 2.45) is 0 Å². The Morgan fingerprint density at radius 2 is 1.08 bits per heavy atom. The fourth-order valence-corrected chi connectivity index (χ4v) is 4.75. The topological polar surface area (TPSA) is 30.2 Å². The van der Waals surface area contributed by atoms with Gasteiger partial charge < -0.3 is 4.42 Å². The zero-order chi connectivity index (χ0) is 16.5. The molecule has 0 amide bonds. The summed E-state index contributed by atoms with van der Waals surface area (Å²) in [5.41, 5.74) is 6.11. The highest BCUT2D eigenvalue weighted by Gasteiger charge is 2.44. The fourth-order valence-electron chi connectivity index (χ4n) is 4.75. The summed E-state index contributed by atoms with van der Waals surface area (Å²) < 4.78 is 5.91. The third-order valence-electron chi connectivity index (χ3n) is 5.69. The highest BCUT2D eigenvalue weighted by Crippen LogP contribution is 2.56. The molecule has 0 fully saturated rings. The Morgan fingerprint density at radius 3 is 1.68 bits per heavy atom. The molecule has 3 aromatic carbocycles. The summed E-state index contributed by atoms with van der Waals surface area (Å²) in [6.07, 6.45) is 0. The number of hydrogen-bond donors (Lipinski definition) is 0. The molecule has 0 spiro atoms. The summed E-state index contributed by atoms with van der Waals surface area (Å²) in [5.74, 6) is 0.956. The van der Waals surface area contributed by atoms with E-state index in [1.807, 2.05) is 18.2 Å². The van der Waals surface area contributed by atoms with E-state index in [1.54, 1.807) is 0 Å². The van der Waals surface area contributed by atoms with E-state index < -0.39 is 0 Å². The van der Waals surface area contributed by atoms with Crippen molar-refractivity contribution in [2.45, 2.75) is 11.8 Å². The summed E-state index contributed by atoms with van der Waals surface area (Å²) in [5, 5.41) is 1.69. The van der Waals surface area contributed by atoms with Gasteiger partial charge in [-0.3, -0.25) is 0 Å². The lowest BCUT2D eigenvalue weighted by atomic mass is 9.62. The summed E-state index contributed by atoms with van der Waals surface area (Å²) >= 11 is 0. The monoisotopic (exact) mass is 322 g/mol. The van der Waals surface area contributed by atoms with Gasteiger partial charge in [0.2, 0.25) is 0 Å². The SMILES string of the molecule is O=c1oc2c(c3ccccc13)C1c3ccccc3C2c2ccccc21. The molecule has 0 saturated heterocycles. The lowest BCUT2D eigenvalue weighted by Gasteiger charge is -2.41. The van der Waals surface area contributed by atoms with Gasteiger partial charge in [-0.05, 0) is 33.7 Å². The average molecular weight is 322 g/mol. The van der Waals surface area contributed by atoms with Crippen LogP contribution in [0.1, 0.15) is 45.4 Å². The quantitative estimate of drug-likeness (QED) is 0.403. The average Bonchev–Trinajstić information content (AvgIpc) is 2.68. The molecule has 7 rings (SSSR count). The van der Waals surface area contributed by atoms with Gasteiger partial charge in [0.1, 0.15) is 5.76 Å². The normalized spacial score (nSPS) is 19.4. The van der Waals surface area contributed by atoms with E-state index in [9.17, 15) is 4.79 Å². The molecule has 4 aromatic rings. The van der Waals surface area contributed by atoms with Crippen molar-refractivity contribution < 1.29 is 4.42 Å². The zero-order valence-electron chi connectivity index (χ0n) is 13.4. The van der Waals surface area contributed by atoms with Crippen LogP contribution in [-0.4, -0.2) is 0 Å². The van der Waals surface area contributed by atoms with Crippen molar-refractivity contribution in [1.29, 1.82) is 0 Å². The first-order chi connectivity index (χ1) is 12.3. The van der Waals surface area contributed by atoms with E-state index in [4.69, 9.17) is 4.42 Å². The van der Waals surface area contributed by atoms with Crippen LogP contribution in [0, 0.1) is 0 Å². The molecular weight excluding hydrogens is 308 g/mol. The lowest BCUT2D eigenvalue weighted by Crippen LogP contribution is -2.29. The fraction of sp³-hybridized carbons (Fsp3) is 0.0870. The van der Waals surface area contributed by atoms with Gasteiger partial charge in [0.25, 0.3) is 0 Å². The Morgan fingerprint density at radius 1 is 0.600 bits per heavy atom. The van der Waals surface area contributed by atoms with Crippen molar-refractivity contribution in [3.8, 4) is 0 Å². The summed E-state index contributed by atoms with van der Waals surface area (Å²) in [6.45, 7) is 0.